The first kappa shape index (κ1) is 9.04. The van der Waals surface area contributed by atoms with Crippen LogP contribution >= 0.6 is 0 Å². The molecule has 0 aromatic carbocycles. The summed E-state index contributed by atoms with van der Waals surface area (Å²) in [4.78, 5) is 6.36. The van der Waals surface area contributed by atoms with Crippen molar-refractivity contribution in [3.8, 4) is 0 Å². The Hall–Kier alpha value is -1.05. The number of pyridine rings is 1. The summed E-state index contributed by atoms with van der Waals surface area (Å²) in [7, 11) is 4.01. The minimum Gasteiger partial charge on any atom is -0.363 e. The Morgan fingerprint density at radius 3 is 2.50 bits per heavy atom. The lowest BCUT2D eigenvalue weighted by Crippen LogP contribution is -2.11. The molecule has 1 heterocycles. The summed E-state index contributed by atoms with van der Waals surface area (Å²) < 4.78 is 0. The van der Waals surface area contributed by atoms with Crippen molar-refractivity contribution in [2.75, 3.05) is 19.0 Å². The summed E-state index contributed by atoms with van der Waals surface area (Å²) >= 11 is 0. The normalized spacial score (nSPS) is 10.0. The standard InChI is InChI=1S/C10H16N2/c1-5-9-7-11-10(12(3)4)6-8(9)2/h6-7H,5H2,1-4H3. The van der Waals surface area contributed by atoms with Crippen molar-refractivity contribution in [3.05, 3.63) is 23.4 Å². The van der Waals surface area contributed by atoms with Gasteiger partial charge in [-0.25, -0.2) is 4.98 Å². The maximum absolute atomic E-state index is 4.34. The van der Waals surface area contributed by atoms with Crippen LogP contribution in [-0.2, 0) is 6.42 Å². The van der Waals surface area contributed by atoms with Crippen molar-refractivity contribution in [3.63, 3.8) is 0 Å². The number of hydrogen-bond acceptors (Lipinski definition) is 2. The molecule has 0 spiro atoms. The molecule has 2 heteroatoms. The number of nitrogens with zero attached hydrogens (tertiary/aromatic N) is 2. The average molecular weight is 164 g/mol. The van der Waals surface area contributed by atoms with E-state index >= 15 is 0 Å². The van der Waals surface area contributed by atoms with Crippen molar-refractivity contribution in [2.24, 2.45) is 0 Å². The predicted molar refractivity (Wildman–Crippen MR) is 52.7 cm³/mol. The molecule has 2 nitrogen and oxygen atoms in total. The third-order valence-electron chi connectivity index (χ3n) is 2.04. The van der Waals surface area contributed by atoms with Crippen LogP contribution in [0.15, 0.2) is 12.3 Å². The first-order valence-electron chi connectivity index (χ1n) is 4.28. The van der Waals surface area contributed by atoms with Gasteiger partial charge in [0.1, 0.15) is 5.82 Å². The second-order valence-corrected chi connectivity index (χ2v) is 3.22. The van der Waals surface area contributed by atoms with E-state index in [9.17, 15) is 0 Å². The molecule has 12 heavy (non-hydrogen) atoms. The first-order valence-corrected chi connectivity index (χ1v) is 4.28. The SMILES string of the molecule is CCc1cnc(N(C)C)cc1C. The van der Waals surface area contributed by atoms with Crippen LogP contribution in [0.25, 0.3) is 0 Å². The molecule has 0 atom stereocenters. The maximum Gasteiger partial charge on any atom is 0.128 e. The lowest BCUT2D eigenvalue weighted by atomic mass is 10.1. The van der Waals surface area contributed by atoms with Crippen molar-refractivity contribution in [2.45, 2.75) is 20.3 Å². The molecule has 0 saturated carbocycles. The van der Waals surface area contributed by atoms with E-state index in [0.717, 1.165) is 12.2 Å². The van der Waals surface area contributed by atoms with Gasteiger partial charge in [-0.15, -0.1) is 0 Å². The zero-order chi connectivity index (χ0) is 9.14. The summed E-state index contributed by atoms with van der Waals surface area (Å²) in [6.45, 7) is 4.28. The Bertz CT molecular complexity index is 267. The smallest absolute Gasteiger partial charge is 0.128 e. The molecule has 0 saturated heterocycles. The molecule has 0 aliphatic rings. The molecular weight excluding hydrogens is 148 g/mol. The van der Waals surface area contributed by atoms with Gasteiger partial charge in [-0.3, -0.25) is 0 Å². The number of rotatable bonds is 2. The molecule has 1 aromatic rings. The first-order chi connectivity index (χ1) is 5.65. The fraction of sp³-hybridized carbons (Fsp3) is 0.500. The lowest BCUT2D eigenvalue weighted by Gasteiger charge is -2.12. The highest BCUT2D eigenvalue weighted by Gasteiger charge is 2.00. The fourth-order valence-corrected chi connectivity index (χ4v) is 1.18. The molecule has 0 radical (unpaired) electrons. The van der Waals surface area contributed by atoms with Crippen LogP contribution in [0.4, 0.5) is 5.82 Å². The third-order valence-corrected chi connectivity index (χ3v) is 2.04. The Morgan fingerprint density at radius 2 is 2.08 bits per heavy atom. The highest BCUT2D eigenvalue weighted by molar-refractivity contribution is 5.41. The molecular formula is C10H16N2. The van der Waals surface area contributed by atoms with Crippen LogP contribution < -0.4 is 4.90 Å². The van der Waals surface area contributed by atoms with Crippen molar-refractivity contribution in [1.29, 1.82) is 0 Å². The van der Waals surface area contributed by atoms with E-state index in [1.807, 2.05) is 25.2 Å². The Kier molecular flexibility index (Phi) is 2.69. The molecule has 1 aromatic heterocycles. The fourth-order valence-electron chi connectivity index (χ4n) is 1.18. The van der Waals surface area contributed by atoms with E-state index in [4.69, 9.17) is 0 Å². The van der Waals surface area contributed by atoms with Crippen molar-refractivity contribution in [1.82, 2.24) is 4.98 Å². The monoisotopic (exact) mass is 164 g/mol. The number of aryl methyl sites for hydroxylation is 2. The summed E-state index contributed by atoms with van der Waals surface area (Å²) in [5, 5.41) is 0. The van der Waals surface area contributed by atoms with E-state index in [1.165, 1.54) is 11.1 Å². The zero-order valence-corrected chi connectivity index (χ0v) is 8.26. The predicted octanol–water partition coefficient (Wildman–Crippen LogP) is 2.02. The Labute approximate surface area is 74.2 Å². The molecule has 0 unspecified atom stereocenters. The van der Waals surface area contributed by atoms with Gasteiger partial charge in [0.2, 0.25) is 0 Å². The molecule has 0 bridgehead atoms. The van der Waals surface area contributed by atoms with E-state index in [2.05, 4.69) is 24.9 Å². The minimum atomic E-state index is 1.03. The van der Waals surface area contributed by atoms with Crippen LogP contribution in [0.1, 0.15) is 18.1 Å². The summed E-state index contributed by atoms with van der Waals surface area (Å²) in [5.74, 6) is 1.03. The van der Waals surface area contributed by atoms with E-state index in [1.54, 1.807) is 0 Å². The van der Waals surface area contributed by atoms with Crippen molar-refractivity contribution >= 4 is 5.82 Å². The molecule has 0 N–H and O–H groups in total. The van der Waals surface area contributed by atoms with E-state index < -0.39 is 0 Å². The highest BCUT2D eigenvalue weighted by atomic mass is 15.1. The van der Waals surface area contributed by atoms with Crippen LogP contribution in [0.2, 0.25) is 0 Å². The average Bonchev–Trinajstić information content (AvgIpc) is 2.04. The molecule has 0 fully saturated rings. The topological polar surface area (TPSA) is 16.1 Å². The Balaban J connectivity index is 3.02. The molecule has 66 valence electrons. The van der Waals surface area contributed by atoms with Gasteiger partial charge in [-0.05, 0) is 30.5 Å². The highest BCUT2D eigenvalue weighted by Crippen LogP contribution is 2.13. The van der Waals surface area contributed by atoms with Crippen LogP contribution in [0.3, 0.4) is 0 Å². The van der Waals surface area contributed by atoms with Gasteiger partial charge in [-0.2, -0.15) is 0 Å². The van der Waals surface area contributed by atoms with Crippen molar-refractivity contribution < 1.29 is 0 Å². The lowest BCUT2D eigenvalue weighted by molar-refractivity contribution is 1.02. The Morgan fingerprint density at radius 1 is 1.42 bits per heavy atom. The van der Waals surface area contributed by atoms with Crippen LogP contribution in [0.5, 0.6) is 0 Å². The number of hydrogen-bond donors (Lipinski definition) is 0. The maximum atomic E-state index is 4.34. The molecule has 0 aliphatic heterocycles. The van der Waals surface area contributed by atoms with Gasteiger partial charge >= 0.3 is 0 Å². The van der Waals surface area contributed by atoms with Gasteiger partial charge in [0.15, 0.2) is 0 Å². The molecule has 1 rings (SSSR count). The molecule has 0 amide bonds. The summed E-state index contributed by atoms with van der Waals surface area (Å²) in [5.41, 5.74) is 2.66. The van der Waals surface area contributed by atoms with E-state index in [0.29, 0.717) is 0 Å². The quantitative estimate of drug-likeness (QED) is 0.664. The van der Waals surface area contributed by atoms with Gasteiger partial charge in [0.05, 0.1) is 0 Å². The van der Waals surface area contributed by atoms with Gasteiger partial charge in [0, 0.05) is 20.3 Å². The molecule has 0 aliphatic carbocycles. The van der Waals surface area contributed by atoms with Crippen LogP contribution in [0, 0.1) is 6.92 Å². The zero-order valence-electron chi connectivity index (χ0n) is 8.26. The van der Waals surface area contributed by atoms with Gasteiger partial charge in [-0.1, -0.05) is 6.92 Å². The van der Waals surface area contributed by atoms with Gasteiger partial charge < -0.3 is 4.90 Å². The second-order valence-electron chi connectivity index (χ2n) is 3.22. The summed E-state index contributed by atoms with van der Waals surface area (Å²) in [6, 6.07) is 2.12. The number of aromatic nitrogens is 1. The summed E-state index contributed by atoms with van der Waals surface area (Å²) in [6.07, 6.45) is 3.03. The largest absolute Gasteiger partial charge is 0.363 e. The van der Waals surface area contributed by atoms with Gasteiger partial charge in [0.25, 0.3) is 0 Å². The second kappa shape index (κ2) is 3.57. The van der Waals surface area contributed by atoms with Crippen LogP contribution in [-0.4, -0.2) is 19.1 Å². The number of anilines is 1. The minimum absolute atomic E-state index is 1.03. The third kappa shape index (κ3) is 1.76. The van der Waals surface area contributed by atoms with E-state index in [-0.39, 0.29) is 0 Å².